The quantitative estimate of drug-likeness (QED) is 0.742. The van der Waals surface area contributed by atoms with Gasteiger partial charge in [0.25, 0.3) is 5.91 Å². The van der Waals surface area contributed by atoms with Gasteiger partial charge in [0.1, 0.15) is 0 Å². The summed E-state index contributed by atoms with van der Waals surface area (Å²) in [5.74, 6) is 0.0632. The summed E-state index contributed by atoms with van der Waals surface area (Å²) in [6, 6.07) is 12.9. The molecule has 2 aromatic heterocycles. The number of carbonyl (C=O) groups excluding carboxylic acids is 1. The second-order valence-corrected chi connectivity index (χ2v) is 6.61. The molecule has 1 aliphatic carbocycles. The van der Waals surface area contributed by atoms with Crippen molar-refractivity contribution < 1.29 is 9.90 Å². The lowest BCUT2D eigenvalue weighted by Gasteiger charge is -2.37. The van der Waals surface area contributed by atoms with E-state index in [1.54, 1.807) is 30.9 Å². The van der Waals surface area contributed by atoms with E-state index < -0.39 is 0 Å². The smallest absolute Gasteiger partial charge is 0.251 e. The van der Waals surface area contributed by atoms with Crippen molar-refractivity contribution in [1.29, 1.82) is 0 Å². The van der Waals surface area contributed by atoms with Crippen LogP contribution < -0.4 is 5.32 Å². The van der Waals surface area contributed by atoms with Gasteiger partial charge in [0.05, 0.1) is 24.2 Å². The number of carbonyl (C=O) groups is 1. The van der Waals surface area contributed by atoms with Gasteiger partial charge in [0, 0.05) is 29.8 Å². The fourth-order valence-electron chi connectivity index (χ4n) is 3.32. The maximum atomic E-state index is 12.7. The number of nitrogens with zero attached hydrogens (tertiary/aromatic N) is 3. The van der Waals surface area contributed by atoms with Crippen LogP contribution in [0.25, 0.3) is 5.69 Å². The van der Waals surface area contributed by atoms with Gasteiger partial charge in [-0.15, -0.1) is 0 Å². The van der Waals surface area contributed by atoms with Gasteiger partial charge in [0.15, 0.2) is 0 Å². The Labute approximate surface area is 151 Å². The van der Waals surface area contributed by atoms with Crippen molar-refractivity contribution in [2.45, 2.75) is 25.0 Å². The molecule has 1 aliphatic rings. The first-order valence-electron chi connectivity index (χ1n) is 8.69. The Balaban J connectivity index is 1.51. The van der Waals surface area contributed by atoms with Crippen LogP contribution in [0.1, 0.15) is 34.9 Å². The number of aromatic nitrogens is 3. The molecule has 0 bridgehead atoms. The van der Waals surface area contributed by atoms with E-state index in [0.717, 1.165) is 11.4 Å². The molecule has 3 aromatic rings. The van der Waals surface area contributed by atoms with Crippen LogP contribution in [-0.4, -0.2) is 31.7 Å². The minimum absolute atomic E-state index is 0.140. The lowest BCUT2D eigenvalue weighted by molar-refractivity contribution is 0.0228. The molecule has 6 heteroatoms. The third kappa shape index (κ3) is 3.36. The first-order valence-corrected chi connectivity index (χ1v) is 8.69. The van der Waals surface area contributed by atoms with Crippen molar-refractivity contribution >= 4 is 5.91 Å². The van der Waals surface area contributed by atoms with Crippen LogP contribution in [-0.2, 0) is 0 Å². The van der Waals surface area contributed by atoms with Crippen molar-refractivity contribution in [2.24, 2.45) is 5.92 Å². The number of nitrogens with one attached hydrogen (secondary N) is 1. The summed E-state index contributed by atoms with van der Waals surface area (Å²) < 4.78 is 1.88. The number of aliphatic hydroxyl groups is 1. The fraction of sp³-hybridized carbons (Fsp3) is 0.250. The van der Waals surface area contributed by atoms with Crippen LogP contribution in [0.3, 0.4) is 0 Å². The highest BCUT2D eigenvalue weighted by Crippen LogP contribution is 2.37. The van der Waals surface area contributed by atoms with E-state index in [0.29, 0.717) is 18.4 Å². The largest absolute Gasteiger partial charge is 0.393 e. The van der Waals surface area contributed by atoms with E-state index in [-0.39, 0.29) is 24.0 Å². The standard InChI is InChI=1S/C20H20N4O2/c25-17-11-15(12-17)19(18-3-1-2-8-22-18)23-20(26)14-4-6-16(7-5-14)24-10-9-21-13-24/h1-10,13,15,17,19,25H,11-12H2,(H,23,26)/t15?,17?,19-/m0/s1. The Morgan fingerprint density at radius 2 is 1.96 bits per heavy atom. The summed E-state index contributed by atoms with van der Waals surface area (Å²) in [5.41, 5.74) is 2.37. The first-order chi connectivity index (χ1) is 12.7. The van der Waals surface area contributed by atoms with Gasteiger partial charge in [-0.25, -0.2) is 4.98 Å². The van der Waals surface area contributed by atoms with Gasteiger partial charge in [-0.2, -0.15) is 0 Å². The number of imidazole rings is 1. The maximum absolute atomic E-state index is 12.7. The molecule has 1 fully saturated rings. The van der Waals surface area contributed by atoms with E-state index in [2.05, 4.69) is 15.3 Å². The Morgan fingerprint density at radius 1 is 1.15 bits per heavy atom. The Kier molecular flexibility index (Phi) is 4.50. The first kappa shape index (κ1) is 16.5. The number of amides is 1. The molecule has 0 aliphatic heterocycles. The second kappa shape index (κ2) is 7.09. The summed E-state index contributed by atoms with van der Waals surface area (Å²) in [6.07, 6.45) is 8.09. The zero-order chi connectivity index (χ0) is 17.9. The highest BCUT2D eigenvalue weighted by Gasteiger charge is 2.36. The van der Waals surface area contributed by atoms with Crippen molar-refractivity contribution in [3.05, 3.63) is 78.6 Å². The van der Waals surface area contributed by atoms with Gasteiger partial charge < -0.3 is 15.0 Å². The molecule has 1 atom stereocenters. The molecule has 1 aromatic carbocycles. The molecular formula is C20H20N4O2. The number of pyridine rings is 1. The van der Waals surface area contributed by atoms with Gasteiger partial charge in [-0.3, -0.25) is 9.78 Å². The molecule has 0 radical (unpaired) electrons. The normalized spacial score (nSPS) is 20.2. The van der Waals surface area contributed by atoms with E-state index in [9.17, 15) is 9.90 Å². The number of hydrogen-bond acceptors (Lipinski definition) is 4. The summed E-state index contributed by atoms with van der Waals surface area (Å²) in [4.78, 5) is 21.2. The third-order valence-corrected chi connectivity index (χ3v) is 4.85. The Morgan fingerprint density at radius 3 is 2.58 bits per heavy atom. The third-order valence-electron chi connectivity index (χ3n) is 4.85. The van der Waals surface area contributed by atoms with Crippen LogP contribution in [0.4, 0.5) is 0 Å². The average Bonchev–Trinajstić information content (AvgIpc) is 3.19. The summed E-state index contributed by atoms with van der Waals surface area (Å²) in [5, 5.41) is 12.7. The summed E-state index contributed by atoms with van der Waals surface area (Å²) in [7, 11) is 0. The fourth-order valence-corrected chi connectivity index (χ4v) is 3.32. The molecule has 6 nitrogen and oxygen atoms in total. The van der Waals surface area contributed by atoms with Gasteiger partial charge >= 0.3 is 0 Å². The average molecular weight is 348 g/mol. The van der Waals surface area contributed by atoms with Crippen LogP contribution in [0.2, 0.25) is 0 Å². The van der Waals surface area contributed by atoms with Crippen LogP contribution in [0, 0.1) is 5.92 Å². The maximum Gasteiger partial charge on any atom is 0.251 e. The SMILES string of the molecule is O=C(N[C@H](c1ccccn1)C1CC(O)C1)c1ccc(-n2ccnc2)cc1. The van der Waals surface area contributed by atoms with E-state index in [4.69, 9.17) is 0 Å². The Hall–Kier alpha value is -2.99. The molecule has 0 spiro atoms. The predicted molar refractivity (Wildman–Crippen MR) is 96.7 cm³/mol. The molecule has 0 saturated heterocycles. The van der Waals surface area contributed by atoms with Crippen LogP contribution in [0.5, 0.6) is 0 Å². The highest BCUT2D eigenvalue weighted by molar-refractivity contribution is 5.94. The molecule has 2 N–H and O–H groups in total. The number of benzene rings is 1. The monoisotopic (exact) mass is 348 g/mol. The van der Waals surface area contributed by atoms with Crippen LogP contribution >= 0.6 is 0 Å². The highest BCUT2D eigenvalue weighted by atomic mass is 16.3. The number of aliphatic hydroxyl groups excluding tert-OH is 1. The summed E-state index contributed by atoms with van der Waals surface area (Å²) in [6.45, 7) is 0. The van der Waals surface area contributed by atoms with E-state index in [1.165, 1.54) is 0 Å². The molecule has 0 unspecified atom stereocenters. The topological polar surface area (TPSA) is 80.0 Å². The molecule has 1 saturated carbocycles. The number of rotatable bonds is 5. The zero-order valence-corrected chi connectivity index (χ0v) is 14.2. The van der Waals surface area contributed by atoms with E-state index >= 15 is 0 Å². The molecule has 4 rings (SSSR count). The van der Waals surface area contributed by atoms with Crippen molar-refractivity contribution in [2.75, 3.05) is 0 Å². The Bertz CT molecular complexity index is 857. The lowest BCUT2D eigenvalue weighted by atomic mass is 9.76. The van der Waals surface area contributed by atoms with Crippen molar-refractivity contribution in [1.82, 2.24) is 19.9 Å². The molecular weight excluding hydrogens is 328 g/mol. The van der Waals surface area contributed by atoms with E-state index in [1.807, 2.05) is 41.1 Å². The molecule has 132 valence electrons. The minimum atomic E-state index is -0.280. The zero-order valence-electron chi connectivity index (χ0n) is 14.2. The molecule has 2 heterocycles. The van der Waals surface area contributed by atoms with Crippen molar-refractivity contribution in [3.63, 3.8) is 0 Å². The lowest BCUT2D eigenvalue weighted by Crippen LogP contribution is -2.41. The van der Waals surface area contributed by atoms with Gasteiger partial charge in [-0.1, -0.05) is 6.07 Å². The second-order valence-electron chi connectivity index (χ2n) is 6.61. The molecule has 26 heavy (non-hydrogen) atoms. The summed E-state index contributed by atoms with van der Waals surface area (Å²) >= 11 is 0. The predicted octanol–water partition coefficient (Wildman–Crippen LogP) is 2.51. The van der Waals surface area contributed by atoms with Crippen molar-refractivity contribution in [3.8, 4) is 5.69 Å². The minimum Gasteiger partial charge on any atom is -0.393 e. The van der Waals surface area contributed by atoms with Gasteiger partial charge in [-0.05, 0) is 55.2 Å². The van der Waals surface area contributed by atoms with Crippen LogP contribution in [0.15, 0.2) is 67.4 Å². The molecule has 1 amide bonds. The number of hydrogen-bond donors (Lipinski definition) is 2. The van der Waals surface area contributed by atoms with Gasteiger partial charge in [0.2, 0.25) is 0 Å².